The van der Waals surface area contributed by atoms with E-state index in [-0.39, 0.29) is 0 Å². The van der Waals surface area contributed by atoms with E-state index >= 15 is 0 Å². The molecule has 2 heterocycles. The molecule has 0 aliphatic heterocycles. The van der Waals surface area contributed by atoms with Gasteiger partial charge in [-0.2, -0.15) is 22.0 Å². The van der Waals surface area contributed by atoms with Crippen molar-refractivity contribution in [3.05, 3.63) is 10.8 Å². The van der Waals surface area contributed by atoms with Gasteiger partial charge in [-0.05, 0) is 6.92 Å². The minimum Gasteiger partial charge on any atom is -0.232 e. The number of anilines is 1. The Morgan fingerprint density at radius 2 is 2.31 bits per heavy atom. The van der Waals surface area contributed by atoms with Gasteiger partial charge in [0.15, 0.2) is 5.82 Å². The van der Waals surface area contributed by atoms with Crippen molar-refractivity contribution < 1.29 is 0 Å². The third kappa shape index (κ3) is 2.93. The fourth-order valence-corrected chi connectivity index (χ4v) is 2.08. The van der Waals surface area contributed by atoms with Gasteiger partial charge in [0, 0.05) is 11.5 Å². The average molecular weight is 273 g/mol. The van der Waals surface area contributed by atoms with Crippen molar-refractivity contribution in [2.45, 2.75) is 12.7 Å². The van der Waals surface area contributed by atoms with Crippen LogP contribution < -0.4 is 5.43 Å². The Morgan fingerprint density at radius 1 is 1.44 bits per heavy atom. The minimum atomic E-state index is 0.484. The van der Waals surface area contributed by atoms with E-state index in [0.717, 1.165) is 5.01 Å². The molecular formula is C6H7N7S3. The highest BCUT2D eigenvalue weighted by molar-refractivity contribution is 7.79. The first kappa shape index (κ1) is 11.4. The lowest BCUT2D eigenvalue weighted by Gasteiger charge is -1.86. The fraction of sp³-hybridized carbons (Fsp3) is 0.333. The summed E-state index contributed by atoms with van der Waals surface area (Å²) in [5, 5.41) is 17.2. The van der Waals surface area contributed by atoms with E-state index in [0.29, 0.717) is 21.8 Å². The molecule has 0 saturated carbocycles. The first-order chi connectivity index (χ1) is 7.78. The maximum absolute atomic E-state index is 4.06. The molecule has 0 saturated heterocycles. The zero-order valence-corrected chi connectivity index (χ0v) is 10.7. The summed E-state index contributed by atoms with van der Waals surface area (Å²) in [6.07, 6.45) is 0. The summed E-state index contributed by atoms with van der Waals surface area (Å²) < 4.78 is 4.01. The number of nitrogens with zero attached hydrogens (tertiary/aromatic N) is 6. The van der Waals surface area contributed by atoms with E-state index in [1.54, 1.807) is 0 Å². The molecule has 0 radical (unpaired) electrons. The Kier molecular flexibility index (Phi) is 3.74. The largest absolute Gasteiger partial charge is 0.251 e. The first-order valence-corrected chi connectivity index (χ1v) is 6.40. The van der Waals surface area contributed by atoms with Crippen molar-refractivity contribution in [3.8, 4) is 0 Å². The molecule has 0 aliphatic rings. The molecule has 0 aliphatic carbocycles. The van der Waals surface area contributed by atoms with Gasteiger partial charge in [0.2, 0.25) is 5.13 Å². The highest BCUT2D eigenvalue weighted by atomic mass is 32.1. The maximum Gasteiger partial charge on any atom is 0.251 e. The van der Waals surface area contributed by atoms with Gasteiger partial charge in [-0.15, -0.1) is 10.2 Å². The second-order valence-corrected chi connectivity index (χ2v) is 4.82. The van der Waals surface area contributed by atoms with Crippen LogP contribution in [0.2, 0.25) is 0 Å². The Balaban J connectivity index is 1.94. The zero-order valence-electron chi connectivity index (χ0n) is 8.15. The average Bonchev–Trinajstić information content (AvgIpc) is 2.88. The van der Waals surface area contributed by atoms with E-state index in [4.69, 9.17) is 0 Å². The van der Waals surface area contributed by atoms with Crippen LogP contribution in [-0.4, -0.2) is 19.6 Å². The van der Waals surface area contributed by atoms with Crippen molar-refractivity contribution in [2.75, 3.05) is 5.43 Å². The monoisotopic (exact) mass is 273 g/mol. The van der Waals surface area contributed by atoms with Gasteiger partial charge in [0.05, 0.1) is 5.75 Å². The van der Waals surface area contributed by atoms with Crippen molar-refractivity contribution in [1.82, 2.24) is 19.6 Å². The summed E-state index contributed by atoms with van der Waals surface area (Å²) in [7, 11) is 0. The SMILES string of the molecule is Cc1nnc(NN=Nc2nc(CS)ns2)s1. The summed E-state index contributed by atoms with van der Waals surface area (Å²) in [4.78, 5) is 4.06. The molecule has 0 aromatic carbocycles. The third-order valence-electron chi connectivity index (χ3n) is 1.41. The first-order valence-electron chi connectivity index (χ1n) is 4.18. The van der Waals surface area contributed by atoms with Gasteiger partial charge >= 0.3 is 0 Å². The lowest BCUT2D eigenvalue weighted by molar-refractivity contribution is 1.02. The van der Waals surface area contributed by atoms with Crippen LogP contribution in [0.1, 0.15) is 10.8 Å². The predicted octanol–water partition coefficient (Wildman–Crippen LogP) is 2.24. The molecule has 2 aromatic heterocycles. The van der Waals surface area contributed by atoms with E-state index in [1.165, 1.54) is 22.9 Å². The molecule has 0 atom stereocenters. The number of nitrogens with one attached hydrogen (secondary N) is 1. The normalized spacial score (nSPS) is 11.1. The van der Waals surface area contributed by atoms with Crippen LogP contribution >= 0.6 is 35.5 Å². The van der Waals surface area contributed by atoms with Gasteiger partial charge in [0.25, 0.3) is 5.13 Å². The van der Waals surface area contributed by atoms with E-state index in [9.17, 15) is 0 Å². The predicted molar refractivity (Wildman–Crippen MR) is 65.4 cm³/mol. The molecule has 16 heavy (non-hydrogen) atoms. The lowest BCUT2D eigenvalue weighted by atomic mass is 10.7. The van der Waals surface area contributed by atoms with Crippen LogP contribution in [0.3, 0.4) is 0 Å². The highest BCUT2D eigenvalue weighted by Gasteiger charge is 2.01. The number of thiol groups is 1. The molecular weight excluding hydrogens is 266 g/mol. The van der Waals surface area contributed by atoms with E-state index < -0.39 is 0 Å². The number of rotatable bonds is 4. The van der Waals surface area contributed by atoms with Gasteiger partial charge in [-0.25, -0.2) is 5.43 Å². The van der Waals surface area contributed by atoms with E-state index in [2.05, 4.69) is 47.9 Å². The molecule has 10 heteroatoms. The summed E-state index contributed by atoms with van der Waals surface area (Å²) in [6.45, 7) is 1.86. The Bertz CT molecular complexity index is 490. The second kappa shape index (κ2) is 5.27. The maximum atomic E-state index is 4.06. The molecule has 2 rings (SSSR count). The Hall–Kier alpha value is -1.13. The third-order valence-corrected chi connectivity index (χ3v) is 3.07. The van der Waals surface area contributed by atoms with Gasteiger partial charge in [-0.1, -0.05) is 21.7 Å². The van der Waals surface area contributed by atoms with Crippen molar-refractivity contribution in [1.29, 1.82) is 0 Å². The summed E-state index contributed by atoms with van der Waals surface area (Å²) >= 11 is 6.62. The topological polar surface area (TPSA) is 88.3 Å². The van der Waals surface area contributed by atoms with Gasteiger partial charge < -0.3 is 0 Å². The smallest absolute Gasteiger partial charge is 0.232 e. The summed E-state index contributed by atoms with van der Waals surface area (Å²) in [5.74, 6) is 1.14. The van der Waals surface area contributed by atoms with Gasteiger partial charge in [-0.3, -0.25) is 0 Å². The van der Waals surface area contributed by atoms with E-state index in [1.807, 2.05) is 6.92 Å². The molecule has 0 unspecified atom stereocenters. The van der Waals surface area contributed by atoms with Crippen LogP contribution in [0.5, 0.6) is 0 Å². The highest BCUT2D eigenvalue weighted by Crippen LogP contribution is 2.17. The quantitative estimate of drug-likeness (QED) is 0.506. The van der Waals surface area contributed by atoms with Gasteiger partial charge in [0.1, 0.15) is 5.01 Å². The molecule has 0 fully saturated rings. The standard InChI is InChI=1S/C6H7N7S3/c1-3-8-9-6(15-3)11-13-10-5-7-4(2-14)12-16-5/h14H,2H2,1H3,(H,7,9,10,11,12). The molecule has 0 spiro atoms. The number of hydrogen-bond donors (Lipinski definition) is 2. The number of aromatic nitrogens is 4. The van der Waals surface area contributed by atoms with Crippen molar-refractivity contribution >= 4 is 45.8 Å². The Labute approximate surface area is 105 Å². The molecule has 0 bridgehead atoms. The minimum absolute atomic E-state index is 0.484. The van der Waals surface area contributed by atoms with Crippen LogP contribution in [0.4, 0.5) is 10.3 Å². The number of hydrogen-bond acceptors (Lipinski definition) is 9. The van der Waals surface area contributed by atoms with Crippen LogP contribution in [0, 0.1) is 6.92 Å². The lowest BCUT2D eigenvalue weighted by Crippen LogP contribution is -1.84. The summed E-state index contributed by atoms with van der Waals surface area (Å²) in [5.41, 5.74) is 2.66. The van der Waals surface area contributed by atoms with Crippen LogP contribution in [0.25, 0.3) is 0 Å². The molecule has 84 valence electrons. The summed E-state index contributed by atoms with van der Waals surface area (Å²) in [6, 6.07) is 0. The zero-order chi connectivity index (χ0) is 11.4. The second-order valence-electron chi connectivity index (χ2n) is 2.59. The van der Waals surface area contributed by atoms with Crippen molar-refractivity contribution in [2.24, 2.45) is 10.3 Å². The number of aryl methyl sites for hydroxylation is 1. The fourth-order valence-electron chi connectivity index (χ4n) is 0.802. The van der Waals surface area contributed by atoms with Crippen LogP contribution in [0.15, 0.2) is 10.3 Å². The molecule has 7 nitrogen and oxygen atoms in total. The molecule has 0 amide bonds. The Morgan fingerprint density at radius 3 is 2.94 bits per heavy atom. The molecule has 1 N–H and O–H groups in total. The molecule has 2 aromatic rings. The van der Waals surface area contributed by atoms with Crippen molar-refractivity contribution in [3.63, 3.8) is 0 Å². The van der Waals surface area contributed by atoms with Crippen LogP contribution in [-0.2, 0) is 5.75 Å².